The lowest BCUT2D eigenvalue weighted by molar-refractivity contribution is -0.150. The van der Waals surface area contributed by atoms with E-state index in [0.717, 1.165) is 34.6 Å². The molecule has 0 amide bonds. The molecule has 1 saturated carbocycles. The van der Waals surface area contributed by atoms with Gasteiger partial charge in [0.05, 0.1) is 17.0 Å². The molecule has 0 unspecified atom stereocenters. The van der Waals surface area contributed by atoms with Gasteiger partial charge < -0.3 is 33.5 Å². The van der Waals surface area contributed by atoms with Crippen LogP contribution >= 0.6 is 0 Å². The highest BCUT2D eigenvalue weighted by atomic mass is 16.6. The summed E-state index contributed by atoms with van der Waals surface area (Å²) in [7, 11) is 0. The first-order chi connectivity index (χ1) is 21.2. The summed E-state index contributed by atoms with van der Waals surface area (Å²) < 4.78 is 32.7. The Hall–Kier alpha value is -4.75. The molecule has 1 fully saturated rings. The van der Waals surface area contributed by atoms with Crippen molar-refractivity contribution in [2.24, 2.45) is 5.41 Å². The van der Waals surface area contributed by atoms with Crippen LogP contribution in [0.25, 0.3) is 0 Å². The topological polar surface area (TPSA) is 195 Å². The molecule has 14 heteroatoms. The van der Waals surface area contributed by atoms with Crippen LogP contribution in [0.4, 0.5) is 0 Å². The second-order valence-electron chi connectivity index (χ2n) is 12.1. The van der Waals surface area contributed by atoms with Crippen LogP contribution in [0.1, 0.15) is 103 Å². The van der Waals surface area contributed by atoms with Crippen LogP contribution in [0, 0.1) is 5.41 Å². The van der Waals surface area contributed by atoms with Gasteiger partial charge >= 0.3 is 35.8 Å². The normalized spacial score (nSPS) is 19.8. The van der Waals surface area contributed by atoms with Crippen LogP contribution < -0.4 is 9.47 Å². The first-order valence-electron chi connectivity index (χ1n) is 14.4. The molecular formula is C32H38O14. The van der Waals surface area contributed by atoms with Crippen molar-refractivity contribution in [1.82, 2.24) is 0 Å². The molecule has 46 heavy (non-hydrogen) atoms. The number of carbonyl (C=O) groups is 7. The van der Waals surface area contributed by atoms with Gasteiger partial charge in [0.2, 0.25) is 5.78 Å². The van der Waals surface area contributed by atoms with Gasteiger partial charge in [-0.25, -0.2) is 0 Å². The lowest BCUT2D eigenvalue weighted by Crippen LogP contribution is -2.49. The summed E-state index contributed by atoms with van der Waals surface area (Å²) >= 11 is 0. The molecule has 250 valence electrons. The molecule has 0 radical (unpaired) electrons. The second kappa shape index (κ2) is 13.3. The van der Waals surface area contributed by atoms with Crippen LogP contribution in [0.2, 0.25) is 0 Å². The third kappa shape index (κ3) is 7.21. The van der Waals surface area contributed by atoms with Crippen molar-refractivity contribution in [2.75, 3.05) is 13.2 Å². The summed E-state index contributed by atoms with van der Waals surface area (Å²) in [6.45, 7) is 10.7. The van der Waals surface area contributed by atoms with E-state index in [1.165, 1.54) is 6.92 Å². The first-order valence-corrected chi connectivity index (χ1v) is 14.4. The molecule has 0 aromatic heterocycles. The van der Waals surface area contributed by atoms with Crippen molar-refractivity contribution in [3.05, 3.63) is 28.0 Å². The maximum absolute atomic E-state index is 14.4. The first kappa shape index (κ1) is 35.7. The van der Waals surface area contributed by atoms with Gasteiger partial charge in [-0.1, -0.05) is 20.8 Å². The van der Waals surface area contributed by atoms with E-state index < -0.39 is 100 Å². The van der Waals surface area contributed by atoms with Crippen molar-refractivity contribution in [1.29, 1.82) is 0 Å². The Balaban J connectivity index is 2.60. The Morgan fingerprint density at radius 2 is 1.24 bits per heavy atom. The molecule has 0 saturated heterocycles. The predicted octanol–water partition coefficient (Wildman–Crippen LogP) is 3.48. The zero-order valence-electron chi connectivity index (χ0n) is 27.2. The molecule has 14 nitrogen and oxygen atoms in total. The van der Waals surface area contributed by atoms with Gasteiger partial charge in [-0.2, -0.15) is 0 Å². The molecule has 2 atom stereocenters. The van der Waals surface area contributed by atoms with E-state index >= 15 is 0 Å². The monoisotopic (exact) mass is 646 g/mol. The van der Waals surface area contributed by atoms with Crippen molar-refractivity contribution >= 4 is 41.6 Å². The number of Topliss-reactive ketones (excluding diaryl/α,β-unsaturated/α-hetero) is 1. The third-order valence-corrected chi connectivity index (χ3v) is 7.69. The van der Waals surface area contributed by atoms with Gasteiger partial charge in [-0.05, 0) is 23.8 Å². The van der Waals surface area contributed by atoms with Gasteiger partial charge in [-0.3, -0.25) is 33.6 Å². The number of benzene rings is 1. The standard InChI is InChI=1S/C32H38O14/c1-14(33)41-12-20(13-42-15(2)34)22-25(39)23-24(28(45-18(5)37)27(22)44-17(4)36)32(9)11-21(43-16(3)35)10-31(7,8)30(32)29(26(23)40)46-19(6)38/h20-21,39H,10-13H2,1-9H3/t21-,32+/m0/s1. The van der Waals surface area contributed by atoms with Gasteiger partial charge in [0.1, 0.15) is 25.1 Å². The Bertz CT molecular complexity index is 1530. The Labute approximate surface area is 265 Å². The van der Waals surface area contributed by atoms with Crippen LogP contribution in [-0.4, -0.2) is 66.0 Å². The SMILES string of the molecule is CC(=O)OCC(COC(C)=O)c1c(O)c2c(c(OC(C)=O)c1OC(C)=O)[C@@]1(C)C[C@@H](OC(C)=O)CC(C)(C)C1=C(OC(C)=O)C2=O. The molecule has 3 rings (SSSR count). The Morgan fingerprint density at radius 3 is 1.70 bits per heavy atom. The Kier molecular flexibility index (Phi) is 10.3. The zero-order valence-corrected chi connectivity index (χ0v) is 27.2. The quantitative estimate of drug-likeness (QED) is 0.233. The fourth-order valence-corrected chi connectivity index (χ4v) is 6.59. The van der Waals surface area contributed by atoms with Crippen LogP contribution in [0.15, 0.2) is 11.3 Å². The number of hydrogen-bond acceptors (Lipinski definition) is 14. The molecule has 0 aliphatic heterocycles. The number of ether oxygens (including phenoxy) is 6. The maximum atomic E-state index is 14.4. The number of rotatable bonds is 9. The summed E-state index contributed by atoms with van der Waals surface area (Å²) in [5.41, 5.74) is -3.07. The summed E-state index contributed by atoms with van der Waals surface area (Å²) in [5, 5.41) is 12.0. The van der Waals surface area contributed by atoms with Gasteiger partial charge in [0.15, 0.2) is 17.3 Å². The lowest BCUT2D eigenvalue weighted by Gasteiger charge is -2.51. The minimum Gasteiger partial charge on any atom is -0.507 e. The summed E-state index contributed by atoms with van der Waals surface area (Å²) in [6, 6.07) is 0. The van der Waals surface area contributed by atoms with Gasteiger partial charge in [0, 0.05) is 52.5 Å². The predicted molar refractivity (Wildman–Crippen MR) is 156 cm³/mol. The molecule has 1 N–H and O–H groups in total. The number of phenolic OH excluding ortho intramolecular Hbond substituents is 1. The van der Waals surface area contributed by atoms with E-state index in [-0.39, 0.29) is 29.7 Å². The number of aromatic hydroxyl groups is 1. The van der Waals surface area contributed by atoms with E-state index in [0.29, 0.717) is 5.57 Å². The minimum absolute atomic E-state index is 0.0344. The zero-order chi connectivity index (χ0) is 34.9. The summed E-state index contributed by atoms with van der Waals surface area (Å²) in [4.78, 5) is 87.5. The van der Waals surface area contributed by atoms with E-state index in [9.17, 15) is 38.7 Å². The molecule has 0 bridgehead atoms. The highest BCUT2D eigenvalue weighted by Gasteiger charge is 2.57. The smallest absolute Gasteiger partial charge is 0.308 e. The average molecular weight is 647 g/mol. The number of esters is 6. The molecule has 0 spiro atoms. The number of phenols is 1. The number of carbonyl (C=O) groups excluding carboxylic acids is 7. The summed E-state index contributed by atoms with van der Waals surface area (Å²) in [6.07, 6.45) is -0.583. The molecular weight excluding hydrogens is 608 g/mol. The molecule has 0 heterocycles. The molecule has 1 aromatic carbocycles. The number of fused-ring (bicyclic) bond motifs is 3. The molecule has 2 aliphatic carbocycles. The highest BCUT2D eigenvalue weighted by Crippen LogP contribution is 2.63. The van der Waals surface area contributed by atoms with Crippen molar-refractivity contribution in [3.8, 4) is 17.2 Å². The molecule has 1 aromatic rings. The van der Waals surface area contributed by atoms with Crippen molar-refractivity contribution in [2.45, 2.75) is 92.6 Å². The van der Waals surface area contributed by atoms with Crippen molar-refractivity contribution < 1.29 is 67.1 Å². The largest absolute Gasteiger partial charge is 0.507 e. The Morgan fingerprint density at radius 1 is 0.739 bits per heavy atom. The maximum Gasteiger partial charge on any atom is 0.308 e. The number of hydrogen-bond donors (Lipinski definition) is 1. The third-order valence-electron chi connectivity index (χ3n) is 7.69. The van der Waals surface area contributed by atoms with Gasteiger partial charge in [0.25, 0.3) is 0 Å². The van der Waals surface area contributed by atoms with E-state index in [1.54, 1.807) is 20.8 Å². The molecule has 2 aliphatic rings. The highest BCUT2D eigenvalue weighted by molar-refractivity contribution is 6.15. The fourth-order valence-electron chi connectivity index (χ4n) is 6.59. The van der Waals surface area contributed by atoms with E-state index in [4.69, 9.17) is 28.4 Å². The minimum atomic E-state index is -1.45. The second-order valence-corrected chi connectivity index (χ2v) is 12.1. The van der Waals surface area contributed by atoms with Gasteiger partial charge in [-0.15, -0.1) is 0 Å². The van der Waals surface area contributed by atoms with E-state index in [1.807, 2.05) is 0 Å². The number of ketones is 1. The van der Waals surface area contributed by atoms with Crippen molar-refractivity contribution in [3.63, 3.8) is 0 Å². The summed E-state index contributed by atoms with van der Waals surface area (Å²) in [5.74, 6) is -9.06. The van der Waals surface area contributed by atoms with Crippen LogP contribution in [0.5, 0.6) is 17.2 Å². The van der Waals surface area contributed by atoms with Crippen LogP contribution in [-0.2, 0) is 53.1 Å². The van der Waals surface area contributed by atoms with E-state index in [2.05, 4.69) is 0 Å². The van der Waals surface area contributed by atoms with Crippen LogP contribution in [0.3, 0.4) is 0 Å². The average Bonchev–Trinajstić information content (AvgIpc) is 2.87. The number of allylic oxidation sites excluding steroid dienone is 2. The fraction of sp³-hybridized carbons (Fsp3) is 0.531. The lowest BCUT2D eigenvalue weighted by atomic mass is 9.53.